The minimum absolute atomic E-state index is 0.193. The predicted octanol–water partition coefficient (Wildman–Crippen LogP) is 2.91. The maximum atomic E-state index is 10.9. The van der Waals surface area contributed by atoms with Crippen LogP contribution < -0.4 is 0 Å². The van der Waals surface area contributed by atoms with Crippen LogP contribution in [0.3, 0.4) is 0 Å². The molecule has 0 spiro atoms. The number of rotatable bonds is 2. The van der Waals surface area contributed by atoms with Crippen LogP contribution in [-0.2, 0) is 9.59 Å². The lowest BCUT2D eigenvalue weighted by atomic mass is 9.86. The number of carboxylic acids is 1. The van der Waals surface area contributed by atoms with Crippen LogP contribution in [0.2, 0.25) is 0 Å². The molecule has 3 nitrogen and oxygen atoms in total. The highest BCUT2D eigenvalue weighted by molar-refractivity contribution is 6.33. The molecule has 0 heterocycles. The van der Waals surface area contributed by atoms with Gasteiger partial charge in [-0.3, -0.25) is 4.79 Å². The lowest BCUT2D eigenvalue weighted by molar-refractivity contribution is -0.151. The highest BCUT2D eigenvalue weighted by Crippen LogP contribution is 2.24. The van der Waals surface area contributed by atoms with Gasteiger partial charge in [-0.1, -0.05) is 55.7 Å². The normalized spacial score (nSPS) is 15.5. The van der Waals surface area contributed by atoms with Crippen molar-refractivity contribution in [3.8, 4) is 0 Å². The first-order valence-electron chi connectivity index (χ1n) is 5.99. The van der Waals surface area contributed by atoms with E-state index in [4.69, 9.17) is 5.11 Å². The average Bonchev–Trinajstić information content (AvgIpc) is 2.41. The molecule has 1 fully saturated rings. The van der Waals surface area contributed by atoms with Gasteiger partial charge < -0.3 is 5.11 Å². The van der Waals surface area contributed by atoms with E-state index in [-0.39, 0.29) is 5.92 Å². The van der Waals surface area contributed by atoms with E-state index in [0.717, 1.165) is 32.1 Å². The largest absolute Gasteiger partial charge is 0.475 e. The zero-order chi connectivity index (χ0) is 12.5. The van der Waals surface area contributed by atoms with Gasteiger partial charge in [-0.25, -0.2) is 4.79 Å². The smallest absolute Gasteiger partial charge is 0.372 e. The van der Waals surface area contributed by atoms with E-state index in [9.17, 15) is 9.59 Å². The highest BCUT2D eigenvalue weighted by atomic mass is 16.4. The molecule has 1 aromatic rings. The molecular weight excluding hydrogens is 216 g/mol. The van der Waals surface area contributed by atoms with E-state index < -0.39 is 11.8 Å². The standard InChI is InChI=1S/C8H12O3.C6H6/c9-7(8(10)11)6-4-2-1-3-5-6;1-2-4-6-5-3-1/h6H,1-5H2,(H,10,11);1-6H. The molecule has 0 aliphatic heterocycles. The Morgan fingerprint density at radius 3 is 1.59 bits per heavy atom. The summed E-state index contributed by atoms with van der Waals surface area (Å²) in [5.74, 6) is -2.05. The van der Waals surface area contributed by atoms with E-state index >= 15 is 0 Å². The molecule has 92 valence electrons. The number of carbonyl (C=O) groups is 2. The molecule has 0 radical (unpaired) electrons. The summed E-state index contributed by atoms with van der Waals surface area (Å²) in [6, 6.07) is 12.0. The van der Waals surface area contributed by atoms with E-state index in [1.54, 1.807) is 0 Å². The Morgan fingerprint density at radius 1 is 0.824 bits per heavy atom. The summed E-state index contributed by atoms with van der Waals surface area (Å²) in [7, 11) is 0. The van der Waals surface area contributed by atoms with Crippen molar-refractivity contribution in [1.29, 1.82) is 0 Å². The molecule has 0 unspecified atom stereocenters. The molecule has 0 saturated heterocycles. The van der Waals surface area contributed by atoms with Gasteiger partial charge in [-0.05, 0) is 12.8 Å². The van der Waals surface area contributed by atoms with Gasteiger partial charge in [0, 0.05) is 5.92 Å². The highest BCUT2D eigenvalue weighted by Gasteiger charge is 2.25. The van der Waals surface area contributed by atoms with E-state index in [1.807, 2.05) is 36.4 Å². The molecule has 1 aliphatic rings. The van der Waals surface area contributed by atoms with Crippen LogP contribution in [0.4, 0.5) is 0 Å². The van der Waals surface area contributed by atoms with Gasteiger partial charge in [0.25, 0.3) is 0 Å². The molecular formula is C14H18O3. The Balaban J connectivity index is 0.000000202. The molecule has 2 rings (SSSR count). The summed E-state index contributed by atoms with van der Waals surface area (Å²) in [5.41, 5.74) is 0. The van der Waals surface area contributed by atoms with E-state index in [2.05, 4.69) is 0 Å². The van der Waals surface area contributed by atoms with Crippen molar-refractivity contribution in [3.63, 3.8) is 0 Å². The number of aliphatic carboxylic acids is 1. The van der Waals surface area contributed by atoms with Crippen LogP contribution in [0, 0.1) is 5.92 Å². The zero-order valence-corrected chi connectivity index (χ0v) is 9.84. The maximum absolute atomic E-state index is 10.9. The number of hydrogen-bond acceptors (Lipinski definition) is 2. The van der Waals surface area contributed by atoms with E-state index in [0.29, 0.717) is 0 Å². The zero-order valence-electron chi connectivity index (χ0n) is 9.84. The Bertz CT molecular complexity index is 313. The summed E-state index contributed by atoms with van der Waals surface area (Å²) in [6.45, 7) is 0. The molecule has 0 amide bonds. The number of carboxylic acid groups (broad SMARTS) is 1. The van der Waals surface area contributed by atoms with Gasteiger partial charge >= 0.3 is 5.97 Å². The third-order valence-corrected chi connectivity index (χ3v) is 2.85. The molecule has 1 aliphatic carbocycles. The lowest BCUT2D eigenvalue weighted by Crippen LogP contribution is -2.24. The predicted molar refractivity (Wildman–Crippen MR) is 65.7 cm³/mol. The van der Waals surface area contributed by atoms with Gasteiger partial charge in [0.1, 0.15) is 0 Å². The van der Waals surface area contributed by atoms with Crippen molar-refractivity contribution in [2.45, 2.75) is 32.1 Å². The van der Waals surface area contributed by atoms with Crippen LogP contribution >= 0.6 is 0 Å². The summed E-state index contributed by atoms with van der Waals surface area (Å²) >= 11 is 0. The SMILES string of the molecule is O=C(O)C(=O)C1CCCCC1.c1ccccc1. The van der Waals surface area contributed by atoms with Gasteiger partial charge in [-0.2, -0.15) is 0 Å². The molecule has 1 aromatic carbocycles. The Kier molecular flexibility index (Phi) is 6.00. The number of Topliss-reactive ketones (excluding diaryl/α,β-unsaturated/α-hetero) is 1. The second-order valence-corrected chi connectivity index (χ2v) is 4.16. The molecule has 1 saturated carbocycles. The summed E-state index contributed by atoms with van der Waals surface area (Å²) < 4.78 is 0. The molecule has 0 bridgehead atoms. The van der Waals surface area contributed by atoms with Crippen molar-refractivity contribution < 1.29 is 14.7 Å². The minimum atomic E-state index is -1.27. The number of benzene rings is 1. The first-order valence-corrected chi connectivity index (χ1v) is 5.99. The Labute approximate surface area is 101 Å². The van der Waals surface area contributed by atoms with Crippen LogP contribution in [0.5, 0.6) is 0 Å². The topological polar surface area (TPSA) is 54.4 Å². The van der Waals surface area contributed by atoms with Crippen LogP contribution in [0.1, 0.15) is 32.1 Å². The second kappa shape index (κ2) is 7.60. The lowest BCUT2D eigenvalue weighted by Gasteiger charge is -2.17. The first kappa shape index (κ1) is 13.4. The van der Waals surface area contributed by atoms with Crippen LogP contribution in [0.15, 0.2) is 36.4 Å². The third kappa shape index (κ3) is 5.29. The minimum Gasteiger partial charge on any atom is -0.475 e. The van der Waals surface area contributed by atoms with Crippen LogP contribution in [0.25, 0.3) is 0 Å². The van der Waals surface area contributed by atoms with E-state index in [1.165, 1.54) is 0 Å². The van der Waals surface area contributed by atoms with Crippen molar-refractivity contribution in [2.24, 2.45) is 5.92 Å². The summed E-state index contributed by atoms with van der Waals surface area (Å²) in [5, 5.41) is 8.38. The fourth-order valence-electron chi connectivity index (χ4n) is 1.92. The molecule has 3 heteroatoms. The van der Waals surface area contributed by atoms with Crippen LogP contribution in [-0.4, -0.2) is 16.9 Å². The van der Waals surface area contributed by atoms with Crippen molar-refractivity contribution in [2.75, 3.05) is 0 Å². The molecule has 1 N–H and O–H groups in total. The molecule has 0 aromatic heterocycles. The Morgan fingerprint density at radius 2 is 1.24 bits per heavy atom. The van der Waals surface area contributed by atoms with Gasteiger partial charge in [0.15, 0.2) is 0 Å². The summed E-state index contributed by atoms with van der Waals surface area (Å²) in [6.07, 6.45) is 4.69. The van der Waals surface area contributed by atoms with Gasteiger partial charge in [-0.15, -0.1) is 0 Å². The van der Waals surface area contributed by atoms with Crippen molar-refractivity contribution >= 4 is 11.8 Å². The fraction of sp³-hybridized carbons (Fsp3) is 0.429. The molecule has 17 heavy (non-hydrogen) atoms. The molecule has 0 atom stereocenters. The van der Waals surface area contributed by atoms with Gasteiger partial charge in [0.05, 0.1) is 0 Å². The first-order chi connectivity index (χ1) is 8.22. The second-order valence-electron chi connectivity index (χ2n) is 4.16. The number of ketones is 1. The quantitative estimate of drug-likeness (QED) is 0.800. The number of hydrogen-bond donors (Lipinski definition) is 1. The van der Waals surface area contributed by atoms with Crippen molar-refractivity contribution in [3.05, 3.63) is 36.4 Å². The fourth-order valence-corrected chi connectivity index (χ4v) is 1.92. The monoisotopic (exact) mass is 234 g/mol. The maximum Gasteiger partial charge on any atom is 0.372 e. The Hall–Kier alpha value is -1.64. The average molecular weight is 234 g/mol. The van der Waals surface area contributed by atoms with Gasteiger partial charge in [0.2, 0.25) is 5.78 Å². The van der Waals surface area contributed by atoms with Crippen molar-refractivity contribution in [1.82, 2.24) is 0 Å². The third-order valence-electron chi connectivity index (χ3n) is 2.85. The number of carbonyl (C=O) groups excluding carboxylic acids is 1. The summed E-state index contributed by atoms with van der Waals surface area (Å²) in [4.78, 5) is 21.1.